The molecule has 2 rings (SSSR count). The van der Waals surface area contributed by atoms with Gasteiger partial charge in [-0.05, 0) is 30.7 Å². The summed E-state index contributed by atoms with van der Waals surface area (Å²) in [4.78, 5) is 0. The van der Waals surface area contributed by atoms with Crippen molar-refractivity contribution in [2.75, 3.05) is 0 Å². The van der Waals surface area contributed by atoms with Crippen molar-refractivity contribution < 1.29 is 13.9 Å². The van der Waals surface area contributed by atoms with E-state index in [9.17, 15) is 13.9 Å². The van der Waals surface area contributed by atoms with Gasteiger partial charge in [-0.1, -0.05) is 6.07 Å². The molecule has 1 aromatic carbocycles. The number of rotatable bonds is 3. The van der Waals surface area contributed by atoms with Crippen molar-refractivity contribution in [1.29, 1.82) is 0 Å². The Balaban J connectivity index is 2.36. The molecule has 0 fully saturated rings. The number of aliphatic hydroxyl groups is 1. The van der Waals surface area contributed by atoms with E-state index < -0.39 is 17.7 Å². The average Bonchev–Trinajstić information content (AvgIpc) is 2.80. The molecule has 90 valence electrons. The topological polar surface area (TPSA) is 38.0 Å². The number of nitrogens with zero attached hydrogens (tertiary/aromatic N) is 2. The number of benzene rings is 1. The van der Waals surface area contributed by atoms with Gasteiger partial charge in [-0.3, -0.25) is 4.68 Å². The van der Waals surface area contributed by atoms with Crippen LogP contribution in [-0.4, -0.2) is 14.9 Å². The van der Waals surface area contributed by atoms with Gasteiger partial charge in [0.05, 0.1) is 5.69 Å². The minimum Gasteiger partial charge on any atom is -0.382 e. The summed E-state index contributed by atoms with van der Waals surface area (Å²) in [6.45, 7) is 2.48. The predicted octanol–water partition coefficient (Wildman–Crippen LogP) is 2.26. The maximum Gasteiger partial charge on any atom is 0.159 e. The molecule has 0 aliphatic carbocycles. The molecule has 2 aromatic rings. The van der Waals surface area contributed by atoms with Crippen LogP contribution in [0.2, 0.25) is 0 Å². The Morgan fingerprint density at radius 2 is 2.06 bits per heavy atom. The quantitative estimate of drug-likeness (QED) is 0.890. The van der Waals surface area contributed by atoms with Gasteiger partial charge in [0.1, 0.15) is 6.10 Å². The molecular weight excluding hydrogens is 226 g/mol. The summed E-state index contributed by atoms with van der Waals surface area (Å²) in [5, 5.41) is 14.1. The first-order valence-electron chi connectivity index (χ1n) is 5.28. The molecule has 1 N–H and O–H groups in total. The molecule has 17 heavy (non-hydrogen) atoms. The molecule has 5 heteroatoms. The van der Waals surface area contributed by atoms with Gasteiger partial charge in [0, 0.05) is 12.7 Å². The van der Waals surface area contributed by atoms with Crippen LogP contribution in [0.25, 0.3) is 0 Å². The van der Waals surface area contributed by atoms with Crippen LogP contribution in [0.4, 0.5) is 8.78 Å². The lowest BCUT2D eigenvalue weighted by atomic mass is 10.1. The molecule has 1 heterocycles. The van der Waals surface area contributed by atoms with E-state index in [0.29, 0.717) is 17.8 Å². The largest absolute Gasteiger partial charge is 0.382 e. The van der Waals surface area contributed by atoms with Crippen molar-refractivity contribution in [1.82, 2.24) is 9.78 Å². The van der Waals surface area contributed by atoms with Crippen LogP contribution in [0.3, 0.4) is 0 Å². The Labute approximate surface area is 97.3 Å². The number of halogens is 2. The zero-order valence-corrected chi connectivity index (χ0v) is 9.27. The van der Waals surface area contributed by atoms with E-state index in [4.69, 9.17) is 0 Å². The fourth-order valence-corrected chi connectivity index (χ4v) is 1.69. The van der Waals surface area contributed by atoms with E-state index >= 15 is 0 Å². The number of hydrogen-bond donors (Lipinski definition) is 1. The van der Waals surface area contributed by atoms with Crippen LogP contribution >= 0.6 is 0 Å². The molecule has 0 radical (unpaired) electrons. The van der Waals surface area contributed by atoms with Crippen molar-refractivity contribution in [2.24, 2.45) is 0 Å². The average molecular weight is 238 g/mol. The van der Waals surface area contributed by atoms with Crippen LogP contribution in [-0.2, 0) is 6.54 Å². The first-order chi connectivity index (χ1) is 8.13. The molecule has 1 unspecified atom stereocenters. The lowest BCUT2D eigenvalue weighted by Gasteiger charge is -2.12. The van der Waals surface area contributed by atoms with Gasteiger partial charge in [-0.2, -0.15) is 5.10 Å². The second-order valence-electron chi connectivity index (χ2n) is 3.65. The van der Waals surface area contributed by atoms with Gasteiger partial charge < -0.3 is 5.11 Å². The molecule has 0 spiro atoms. The molecule has 0 saturated carbocycles. The molecule has 0 saturated heterocycles. The van der Waals surface area contributed by atoms with E-state index in [2.05, 4.69) is 5.10 Å². The first-order valence-corrected chi connectivity index (χ1v) is 5.28. The highest BCUT2D eigenvalue weighted by atomic mass is 19.2. The van der Waals surface area contributed by atoms with E-state index in [1.165, 1.54) is 6.07 Å². The number of aromatic nitrogens is 2. The number of aryl methyl sites for hydroxylation is 1. The number of hydrogen-bond acceptors (Lipinski definition) is 2. The molecule has 0 amide bonds. The summed E-state index contributed by atoms with van der Waals surface area (Å²) >= 11 is 0. The Morgan fingerprint density at radius 3 is 2.71 bits per heavy atom. The molecule has 3 nitrogen and oxygen atoms in total. The molecule has 0 aliphatic heterocycles. The SMILES string of the molecule is CCn1nccc1C(O)c1ccc(F)c(F)c1. The standard InChI is InChI=1S/C12H12F2N2O/c1-2-16-11(5-6-15-16)12(17)8-3-4-9(13)10(14)7-8/h3-7,12,17H,2H2,1H3. The lowest BCUT2D eigenvalue weighted by molar-refractivity contribution is 0.207. The van der Waals surface area contributed by atoms with Gasteiger partial charge >= 0.3 is 0 Å². The van der Waals surface area contributed by atoms with Crippen LogP contribution in [0, 0.1) is 11.6 Å². The fourth-order valence-electron chi connectivity index (χ4n) is 1.69. The van der Waals surface area contributed by atoms with Crippen molar-refractivity contribution >= 4 is 0 Å². The third-order valence-electron chi connectivity index (χ3n) is 2.59. The van der Waals surface area contributed by atoms with Gasteiger partial charge in [0.15, 0.2) is 11.6 Å². The van der Waals surface area contributed by atoms with Crippen LogP contribution < -0.4 is 0 Å². The predicted molar refractivity (Wildman–Crippen MR) is 58.3 cm³/mol. The Morgan fingerprint density at radius 1 is 1.29 bits per heavy atom. The maximum absolute atomic E-state index is 13.1. The molecule has 1 aromatic heterocycles. The molecule has 0 aliphatic rings. The van der Waals surface area contributed by atoms with Crippen LogP contribution in [0.15, 0.2) is 30.5 Å². The Hall–Kier alpha value is -1.75. The lowest BCUT2D eigenvalue weighted by Crippen LogP contribution is -2.09. The van der Waals surface area contributed by atoms with Gasteiger partial charge in [0.25, 0.3) is 0 Å². The fraction of sp³-hybridized carbons (Fsp3) is 0.250. The first kappa shape index (κ1) is 11.7. The highest BCUT2D eigenvalue weighted by molar-refractivity contribution is 5.26. The highest BCUT2D eigenvalue weighted by Gasteiger charge is 2.16. The van der Waals surface area contributed by atoms with E-state index in [1.54, 1.807) is 16.9 Å². The monoisotopic (exact) mass is 238 g/mol. The molecule has 1 atom stereocenters. The maximum atomic E-state index is 13.1. The van der Waals surface area contributed by atoms with Crippen LogP contribution in [0.5, 0.6) is 0 Å². The number of aliphatic hydroxyl groups excluding tert-OH is 1. The van der Waals surface area contributed by atoms with Crippen molar-refractivity contribution in [3.63, 3.8) is 0 Å². The van der Waals surface area contributed by atoms with Crippen LogP contribution in [0.1, 0.15) is 24.3 Å². The van der Waals surface area contributed by atoms with Gasteiger partial charge in [0.2, 0.25) is 0 Å². The van der Waals surface area contributed by atoms with Gasteiger partial charge in [-0.25, -0.2) is 8.78 Å². The molecular formula is C12H12F2N2O. The summed E-state index contributed by atoms with van der Waals surface area (Å²) < 4.78 is 27.4. The second-order valence-corrected chi connectivity index (χ2v) is 3.65. The van der Waals surface area contributed by atoms with Crippen molar-refractivity contribution in [3.05, 3.63) is 53.4 Å². The van der Waals surface area contributed by atoms with Crippen molar-refractivity contribution in [2.45, 2.75) is 19.6 Å². The summed E-state index contributed by atoms with van der Waals surface area (Å²) in [5.41, 5.74) is 0.859. The minimum atomic E-state index is -1.01. The summed E-state index contributed by atoms with van der Waals surface area (Å²) in [7, 11) is 0. The highest BCUT2D eigenvalue weighted by Crippen LogP contribution is 2.23. The summed E-state index contributed by atoms with van der Waals surface area (Å²) in [6, 6.07) is 5.00. The van der Waals surface area contributed by atoms with Gasteiger partial charge in [-0.15, -0.1) is 0 Å². The normalized spacial score (nSPS) is 12.7. The second kappa shape index (κ2) is 4.63. The zero-order valence-electron chi connectivity index (χ0n) is 9.27. The van der Waals surface area contributed by atoms with E-state index in [-0.39, 0.29) is 0 Å². The van der Waals surface area contributed by atoms with E-state index in [0.717, 1.165) is 12.1 Å². The molecule has 0 bridgehead atoms. The zero-order chi connectivity index (χ0) is 12.4. The smallest absolute Gasteiger partial charge is 0.159 e. The Kier molecular flexibility index (Phi) is 3.19. The summed E-state index contributed by atoms with van der Waals surface area (Å²) in [6.07, 6.45) is 0.551. The van der Waals surface area contributed by atoms with Crippen molar-refractivity contribution in [3.8, 4) is 0 Å². The minimum absolute atomic E-state index is 0.305. The third kappa shape index (κ3) is 2.19. The third-order valence-corrected chi connectivity index (χ3v) is 2.59. The van der Waals surface area contributed by atoms with E-state index in [1.807, 2.05) is 6.92 Å². The Bertz CT molecular complexity index is 525. The summed E-state index contributed by atoms with van der Waals surface area (Å²) in [5.74, 6) is -1.89.